The molecule has 152 valence electrons. The molecule has 0 aliphatic heterocycles. The van der Waals surface area contributed by atoms with E-state index in [2.05, 4.69) is 20.4 Å². The normalized spacial score (nSPS) is 11.6. The third kappa shape index (κ3) is 4.56. The summed E-state index contributed by atoms with van der Waals surface area (Å²) in [7, 11) is 0. The van der Waals surface area contributed by atoms with Gasteiger partial charge in [0.15, 0.2) is 5.65 Å². The highest BCUT2D eigenvalue weighted by atomic mass is 32.2. The van der Waals surface area contributed by atoms with Gasteiger partial charge in [0.05, 0.1) is 0 Å². The Kier molecular flexibility index (Phi) is 5.59. The minimum Gasteiger partial charge on any atom is -0.507 e. The molecule has 9 nitrogen and oxygen atoms in total. The topological polar surface area (TPSA) is 130 Å². The zero-order valence-corrected chi connectivity index (χ0v) is 15.2. The molecule has 0 spiro atoms. The number of carbonyl (C=O) groups is 2. The summed E-state index contributed by atoms with van der Waals surface area (Å²) in [5.74, 6) is -2.49. The zero-order chi connectivity index (χ0) is 21.2. The quantitative estimate of drug-likeness (QED) is 0.509. The Morgan fingerprint density at radius 3 is 2.69 bits per heavy atom. The van der Waals surface area contributed by atoms with Crippen LogP contribution in [0.15, 0.2) is 35.7 Å². The van der Waals surface area contributed by atoms with Crippen molar-refractivity contribution in [2.24, 2.45) is 0 Å². The highest BCUT2D eigenvalue weighted by Crippen LogP contribution is 2.32. The van der Waals surface area contributed by atoms with Gasteiger partial charge in [-0.15, -0.1) is 11.8 Å². The SMILES string of the molecule is O=C(O)CNC(=O)c1c(O)cc(SCc2ccnc(C(F)(F)F)c2)n2ncnc12. The molecule has 3 rings (SSSR count). The van der Waals surface area contributed by atoms with Crippen LogP contribution in [0, 0.1) is 0 Å². The van der Waals surface area contributed by atoms with Gasteiger partial charge in [0.1, 0.15) is 34.9 Å². The predicted octanol–water partition coefficient (Wildman–Crippen LogP) is 1.96. The molecule has 13 heteroatoms. The second-order valence-electron chi connectivity index (χ2n) is 5.65. The molecule has 0 aliphatic rings. The van der Waals surface area contributed by atoms with Crippen molar-refractivity contribution >= 4 is 29.3 Å². The molecule has 3 aromatic rings. The Bertz CT molecular complexity index is 1090. The van der Waals surface area contributed by atoms with E-state index in [-0.39, 0.29) is 17.0 Å². The van der Waals surface area contributed by atoms with E-state index in [9.17, 15) is 27.9 Å². The van der Waals surface area contributed by atoms with Crippen molar-refractivity contribution in [3.05, 3.63) is 47.5 Å². The molecule has 0 aromatic carbocycles. The molecule has 0 saturated carbocycles. The van der Waals surface area contributed by atoms with Gasteiger partial charge < -0.3 is 15.5 Å². The number of rotatable bonds is 6. The maximum absolute atomic E-state index is 12.8. The number of hydrogen-bond acceptors (Lipinski definition) is 7. The van der Waals surface area contributed by atoms with Crippen molar-refractivity contribution in [1.29, 1.82) is 0 Å². The lowest BCUT2D eigenvalue weighted by molar-refractivity contribution is -0.141. The molecule has 3 N–H and O–H groups in total. The standard InChI is InChI=1S/C16H12F3N5O4S/c17-16(18,19)10-3-8(1-2-20-10)6-29-11-4-9(25)13(14-22-7-23-24(11)14)15(28)21-5-12(26)27/h1-4,7,25H,5-6H2,(H,21,28)(H,26,27). The molecule has 0 atom stereocenters. The first-order valence-electron chi connectivity index (χ1n) is 7.87. The van der Waals surface area contributed by atoms with E-state index < -0.39 is 36.0 Å². The Balaban J connectivity index is 1.87. The Hall–Kier alpha value is -3.35. The first-order chi connectivity index (χ1) is 13.7. The number of halogens is 3. The summed E-state index contributed by atoms with van der Waals surface area (Å²) in [6.45, 7) is -0.654. The third-order valence-corrected chi connectivity index (χ3v) is 4.69. The van der Waals surface area contributed by atoms with Gasteiger partial charge in [0.2, 0.25) is 0 Å². The molecule has 0 fully saturated rings. The lowest BCUT2D eigenvalue weighted by atomic mass is 10.2. The van der Waals surface area contributed by atoms with Crippen LogP contribution in [-0.2, 0) is 16.7 Å². The Labute approximate surface area is 164 Å². The summed E-state index contributed by atoms with van der Waals surface area (Å²) in [4.78, 5) is 30.0. The second kappa shape index (κ2) is 7.95. The minimum absolute atomic E-state index is 0.0268. The summed E-state index contributed by atoms with van der Waals surface area (Å²) in [6.07, 6.45) is -2.39. The molecule has 29 heavy (non-hydrogen) atoms. The van der Waals surface area contributed by atoms with Gasteiger partial charge in [-0.2, -0.15) is 18.3 Å². The van der Waals surface area contributed by atoms with Crippen molar-refractivity contribution in [3.8, 4) is 5.75 Å². The highest BCUT2D eigenvalue weighted by molar-refractivity contribution is 7.98. The van der Waals surface area contributed by atoms with Crippen LogP contribution in [0.2, 0.25) is 0 Å². The average Bonchev–Trinajstić information content (AvgIpc) is 3.13. The molecule has 0 aliphatic carbocycles. The fraction of sp³-hybridized carbons (Fsp3) is 0.188. The number of fused-ring (bicyclic) bond motifs is 1. The maximum Gasteiger partial charge on any atom is 0.433 e. The molecule has 1 amide bonds. The fourth-order valence-electron chi connectivity index (χ4n) is 2.38. The number of pyridine rings is 2. The van der Waals surface area contributed by atoms with Gasteiger partial charge in [0.25, 0.3) is 5.91 Å². The summed E-state index contributed by atoms with van der Waals surface area (Å²) in [5, 5.41) is 25.3. The van der Waals surface area contributed by atoms with Crippen molar-refractivity contribution in [2.75, 3.05) is 6.54 Å². The number of thioether (sulfide) groups is 1. The van der Waals surface area contributed by atoms with Gasteiger partial charge >= 0.3 is 12.1 Å². The van der Waals surface area contributed by atoms with Crippen LogP contribution < -0.4 is 5.32 Å². The number of nitrogens with zero attached hydrogens (tertiary/aromatic N) is 4. The summed E-state index contributed by atoms with van der Waals surface area (Å²) < 4.78 is 39.6. The number of carbonyl (C=O) groups excluding carboxylic acids is 1. The van der Waals surface area contributed by atoms with Crippen LogP contribution in [0.25, 0.3) is 5.65 Å². The predicted molar refractivity (Wildman–Crippen MR) is 93.4 cm³/mol. The number of amides is 1. The number of aromatic nitrogens is 4. The second-order valence-corrected chi connectivity index (χ2v) is 6.65. The maximum atomic E-state index is 12.8. The monoisotopic (exact) mass is 427 g/mol. The van der Waals surface area contributed by atoms with Crippen LogP contribution >= 0.6 is 11.8 Å². The van der Waals surface area contributed by atoms with Crippen LogP contribution in [-0.4, -0.2) is 48.2 Å². The van der Waals surface area contributed by atoms with Crippen molar-refractivity contribution < 1.29 is 33.0 Å². The number of carboxylic acids is 1. The third-order valence-electron chi connectivity index (χ3n) is 3.63. The van der Waals surface area contributed by atoms with Gasteiger partial charge in [-0.1, -0.05) is 0 Å². The number of alkyl halides is 3. The largest absolute Gasteiger partial charge is 0.507 e. The first-order valence-corrected chi connectivity index (χ1v) is 8.86. The van der Waals surface area contributed by atoms with Crippen LogP contribution in [0.5, 0.6) is 5.75 Å². The number of hydrogen-bond donors (Lipinski definition) is 3. The van der Waals surface area contributed by atoms with E-state index in [4.69, 9.17) is 5.11 Å². The van der Waals surface area contributed by atoms with E-state index in [0.29, 0.717) is 10.6 Å². The Morgan fingerprint density at radius 2 is 2.00 bits per heavy atom. The van der Waals surface area contributed by atoms with Crippen molar-refractivity contribution in [2.45, 2.75) is 17.0 Å². The average molecular weight is 427 g/mol. The van der Waals surface area contributed by atoms with E-state index in [1.54, 1.807) is 0 Å². The molecule has 0 saturated heterocycles. The lowest BCUT2D eigenvalue weighted by Gasteiger charge is -2.11. The van der Waals surface area contributed by atoms with Crippen molar-refractivity contribution in [1.82, 2.24) is 24.9 Å². The molecular weight excluding hydrogens is 415 g/mol. The Morgan fingerprint density at radius 1 is 1.24 bits per heavy atom. The smallest absolute Gasteiger partial charge is 0.433 e. The highest BCUT2D eigenvalue weighted by Gasteiger charge is 2.32. The summed E-state index contributed by atoms with van der Waals surface area (Å²) in [6, 6.07) is 3.54. The molecular formula is C16H12F3N5O4S. The number of aromatic hydroxyl groups is 1. The summed E-state index contributed by atoms with van der Waals surface area (Å²) in [5.41, 5.74) is -0.972. The van der Waals surface area contributed by atoms with Gasteiger partial charge in [-0.25, -0.2) is 9.50 Å². The zero-order valence-electron chi connectivity index (χ0n) is 14.3. The summed E-state index contributed by atoms with van der Waals surface area (Å²) >= 11 is 1.06. The van der Waals surface area contributed by atoms with E-state index >= 15 is 0 Å². The van der Waals surface area contributed by atoms with Gasteiger partial charge in [0, 0.05) is 18.0 Å². The van der Waals surface area contributed by atoms with E-state index in [1.165, 1.54) is 16.6 Å². The van der Waals surface area contributed by atoms with Gasteiger partial charge in [-0.05, 0) is 17.7 Å². The minimum atomic E-state index is -4.57. The molecule has 0 unspecified atom stereocenters. The lowest BCUT2D eigenvalue weighted by Crippen LogP contribution is -2.29. The van der Waals surface area contributed by atoms with Gasteiger partial charge in [-0.3, -0.25) is 14.6 Å². The van der Waals surface area contributed by atoms with Crippen LogP contribution in [0.4, 0.5) is 13.2 Å². The van der Waals surface area contributed by atoms with E-state index in [1.807, 2.05) is 0 Å². The van der Waals surface area contributed by atoms with Crippen LogP contribution in [0.3, 0.4) is 0 Å². The molecule has 3 aromatic heterocycles. The van der Waals surface area contributed by atoms with Crippen LogP contribution in [0.1, 0.15) is 21.6 Å². The first kappa shape index (κ1) is 20.4. The molecule has 0 bridgehead atoms. The number of carboxylic acid groups (broad SMARTS) is 1. The van der Waals surface area contributed by atoms with E-state index in [0.717, 1.165) is 30.4 Å². The fourth-order valence-corrected chi connectivity index (χ4v) is 3.32. The van der Waals surface area contributed by atoms with Crippen molar-refractivity contribution in [3.63, 3.8) is 0 Å². The molecule has 3 heterocycles. The molecule has 0 radical (unpaired) electrons. The number of nitrogens with one attached hydrogen (secondary N) is 1. The number of aliphatic carboxylic acids is 1.